The Morgan fingerprint density at radius 3 is 1.83 bits per heavy atom. The van der Waals surface area contributed by atoms with Crippen LogP contribution in [-0.4, -0.2) is 127 Å². The molecule has 1 aliphatic heterocycles. The van der Waals surface area contributed by atoms with Gasteiger partial charge in [-0.15, -0.1) is 0 Å². The fraction of sp³-hybridized carbons (Fsp3) is 1.00. The summed E-state index contributed by atoms with van der Waals surface area (Å²) in [6.45, 7) is -2.76. The lowest BCUT2D eigenvalue weighted by Gasteiger charge is -2.40. The maximum absolute atomic E-state index is 9.86. The molecular formula is C13H26O11. The van der Waals surface area contributed by atoms with Crippen LogP contribution in [0.4, 0.5) is 0 Å². The fourth-order valence-corrected chi connectivity index (χ4v) is 2.39. The standard InChI is InChI=1S/C13H26O11/c14-1-5(17)9(19)13(6(18)2-15)23-4-8-11(21)12(22)10(20)7(3-16)24-8/h5-22H,1-4H2/t5?,6?,7?,8-,9?,10-,11+,12?,13?/m0/s1. The van der Waals surface area contributed by atoms with Crippen LogP contribution in [0.25, 0.3) is 0 Å². The van der Waals surface area contributed by atoms with Crippen molar-refractivity contribution in [1.29, 1.82) is 0 Å². The van der Waals surface area contributed by atoms with Gasteiger partial charge in [-0.2, -0.15) is 0 Å². The van der Waals surface area contributed by atoms with Gasteiger partial charge in [0, 0.05) is 0 Å². The highest BCUT2D eigenvalue weighted by molar-refractivity contribution is 4.92. The van der Waals surface area contributed by atoms with Crippen molar-refractivity contribution in [3.63, 3.8) is 0 Å². The van der Waals surface area contributed by atoms with Gasteiger partial charge in [-0.3, -0.25) is 0 Å². The van der Waals surface area contributed by atoms with Crippen LogP contribution in [0, 0.1) is 0 Å². The van der Waals surface area contributed by atoms with Gasteiger partial charge in [0.25, 0.3) is 0 Å². The van der Waals surface area contributed by atoms with E-state index >= 15 is 0 Å². The van der Waals surface area contributed by atoms with Crippen LogP contribution < -0.4 is 0 Å². The molecule has 0 bridgehead atoms. The average molecular weight is 358 g/mol. The molecule has 1 rings (SSSR count). The summed E-state index contributed by atoms with van der Waals surface area (Å²) < 4.78 is 10.4. The molecule has 9 atom stereocenters. The van der Waals surface area contributed by atoms with Crippen molar-refractivity contribution < 1.29 is 55.4 Å². The van der Waals surface area contributed by atoms with E-state index in [2.05, 4.69) is 0 Å². The summed E-state index contributed by atoms with van der Waals surface area (Å²) in [4.78, 5) is 0. The Bertz CT molecular complexity index is 355. The molecule has 9 N–H and O–H groups in total. The number of ether oxygens (including phenoxy) is 2. The Balaban J connectivity index is 2.74. The Morgan fingerprint density at radius 1 is 0.792 bits per heavy atom. The molecule has 1 fully saturated rings. The van der Waals surface area contributed by atoms with Crippen LogP contribution in [0.1, 0.15) is 0 Å². The number of aliphatic hydroxyl groups is 9. The average Bonchev–Trinajstić information content (AvgIpc) is 2.60. The highest BCUT2D eigenvalue weighted by Crippen LogP contribution is 2.22. The molecule has 0 saturated carbocycles. The van der Waals surface area contributed by atoms with Gasteiger partial charge in [-0.1, -0.05) is 0 Å². The zero-order chi connectivity index (χ0) is 18.4. The van der Waals surface area contributed by atoms with Crippen LogP contribution >= 0.6 is 0 Å². The van der Waals surface area contributed by atoms with Crippen molar-refractivity contribution in [3.8, 4) is 0 Å². The molecule has 144 valence electrons. The van der Waals surface area contributed by atoms with E-state index in [0.717, 1.165) is 0 Å². The van der Waals surface area contributed by atoms with Crippen molar-refractivity contribution in [3.05, 3.63) is 0 Å². The third kappa shape index (κ3) is 5.03. The van der Waals surface area contributed by atoms with E-state index in [0.29, 0.717) is 0 Å². The van der Waals surface area contributed by atoms with E-state index in [1.807, 2.05) is 0 Å². The molecule has 11 nitrogen and oxygen atoms in total. The van der Waals surface area contributed by atoms with Crippen LogP contribution in [0.2, 0.25) is 0 Å². The summed E-state index contributed by atoms with van der Waals surface area (Å²) >= 11 is 0. The van der Waals surface area contributed by atoms with Crippen molar-refractivity contribution in [2.75, 3.05) is 26.4 Å². The summed E-state index contributed by atoms with van der Waals surface area (Å²) in [5.74, 6) is 0. The summed E-state index contributed by atoms with van der Waals surface area (Å²) in [6, 6.07) is 0. The summed E-state index contributed by atoms with van der Waals surface area (Å²) in [5.41, 5.74) is 0. The zero-order valence-corrected chi connectivity index (χ0v) is 12.9. The topological polar surface area (TPSA) is 201 Å². The van der Waals surface area contributed by atoms with E-state index in [4.69, 9.17) is 24.8 Å². The minimum Gasteiger partial charge on any atom is -0.394 e. The van der Waals surface area contributed by atoms with Gasteiger partial charge in [-0.05, 0) is 0 Å². The highest BCUT2D eigenvalue weighted by Gasteiger charge is 2.44. The summed E-state index contributed by atoms with van der Waals surface area (Å²) in [7, 11) is 0. The molecule has 0 aromatic heterocycles. The van der Waals surface area contributed by atoms with Gasteiger partial charge in [0.2, 0.25) is 0 Å². The molecular weight excluding hydrogens is 332 g/mol. The monoisotopic (exact) mass is 358 g/mol. The maximum atomic E-state index is 9.86. The second-order valence-electron chi connectivity index (χ2n) is 5.66. The van der Waals surface area contributed by atoms with E-state index in [9.17, 15) is 30.6 Å². The first-order valence-electron chi connectivity index (χ1n) is 7.46. The first-order valence-corrected chi connectivity index (χ1v) is 7.46. The summed E-state index contributed by atoms with van der Waals surface area (Å²) in [6.07, 6.45) is -13.6. The van der Waals surface area contributed by atoms with Gasteiger partial charge < -0.3 is 55.4 Å². The maximum Gasteiger partial charge on any atom is 0.114 e. The Labute approximate surface area is 137 Å². The molecule has 0 aromatic rings. The normalized spacial score (nSPS) is 36.1. The molecule has 0 aromatic carbocycles. The van der Waals surface area contributed by atoms with Crippen LogP contribution in [0.5, 0.6) is 0 Å². The van der Waals surface area contributed by atoms with Crippen LogP contribution in [0.15, 0.2) is 0 Å². The molecule has 0 radical (unpaired) electrons. The van der Waals surface area contributed by atoms with Crippen molar-refractivity contribution in [2.45, 2.75) is 54.9 Å². The van der Waals surface area contributed by atoms with E-state index in [1.54, 1.807) is 0 Å². The molecule has 1 heterocycles. The van der Waals surface area contributed by atoms with E-state index in [-0.39, 0.29) is 0 Å². The van der Waals surface area contributed by atoms with E-state index in [1.165, 1.54) is 0 Å². The summed E-state index contributed by atoms with van der Waals surface area (Å²) in [5, 5.41) is 85.0. The zero-order valence-electron chi connectivity index (χ0n) is 12.9. The molecule has 0 spiro atoms. The Hall–Kier alpha value is -0.440. The van der Waals surface area contributed by atoms with Crippen LogP contribution in [-0.2, 0) is 9.47 Å². The Kier molecular flexibility index (Phi) is 8.90. The second kappa shape index (κ2) is 9.89. The predicted octanol–water partition coefficient (Wildman–Crippen LogP) is -5.72. The number of rotatable bonds is 9. The largest absolute Gasteiger partial charge is 0.394 e. The van der Waals surface area contributed by atoms with Crippen molar-refractivity contribution in [1.82, 2.24) is 0 Å². The van der Waals surface area contributed by atoms with Gasteiger partial charge in [0.15, 0.2) is 0 Å². The predicted molar refractivity (Wildman–Crippen MR) is 75.7 cm³/mol. The lowest BCUT2D eigenvalue weighted by molar-refractivity contribution is -0.249. The molecule has 1 aliphatic rings. The molecule has 0 amide bonds. The number of aliphatic hydroxyl groups excluding tert-OH is 9. The molecule has 6 unspecified atom stereocenters. The van der Waals surface area contributed by atoms with Crippen LogP contribution in [0.3, 0.4) is 0 Å². The van der Waals surface area contributed by atoms with Crippen molar-refractivity contribution in [2.24, 2.45) is 0 Å². The van der Waals surface area contributed by atoms with Crippen molar-refractivity contribution >= 4 is 0 Å². The quantitative estimate of drug-likeness (QED) is 0.190. The van der Waals surface area contributed by atoms with Gasteiger partial charge in [0.1, 0.15) is 54.9 Å². The highest BCUT2D eigenvalue weighted by atomic mass is 16.6. The lowest BCUT2D eigenvalue weighted by atomic mass is 9.95. The number of hydrogen-bond donors (Lipinski definition) is 9. The Morgan fingerprint density at radius 2 is 1.33 bits per heavy atom. The minimum absolute atomic E-state index is 0.502. The third-order valence-corrected chi connectivity index (χ3v) is 3.93. The van der Waals surface area contributed by atoms with Gasteiger partial charge in [0.05, 0.1) is 26.4 Å². The lowest BCUT2D eigenvalue weighted by Crippen LogP contribution is -2.60. The number of hydrogen-bond acceptors (Lipinski definition) is 11. The van der Waals surface area contributed by atoms with Gasteiger partial charge >= 0.3 is 0 Å². The smallest absolute Gasteiger partial charge is 0.114 e. The van der Waals surface area contributed by atoms with Gasteiger partial charge in [-0.25, -0.2) is 0 Å². The second-order valence-corrected chi connectivity index (χ2v) is 5.66. The SMILES string of the molecule is OCC(O)C(O)C(OC[C@@H]1OC(CO)[C@H](O)C(O)[C@@H]1O)C(O)CO. The third-order valence-electron chi connectivity index (χ3n) is 3.93. The molecule has 24 heavy (non-hydrogen) atoms. The minimum atomic E-state index is -1.75. The first-order chi connectivity index (χ1) is 11.3. The molecule has 0 aliphatic carbocycles. The first kappa shape index (κ1) is 21.6. The molecule has 11 heteroatoms. The van der Waals surface area contributed by atoms with E-state index < -0.39 is 81.4 Å². The molecule has 1 saturated heterocycles. The fourth-order valence-electron chi connectivity index (χ4n) is 2.39.